The Morgan fingerprint density at radius 2 is 1.79 bits per heavy atom. The number of hydrogen-bond donors (Lipinski definition) is 1. The third kappa shape index (κ3) is 2.26. The molecule has 0 aromatic heterocycles. The van der Waals surface area contributed by atoms with Gasteiger partial charge >= 0.3 is 5.97 Å². The van der Waals surface area contributed by atoms with E-state index < -0.39 is 16.9 Å². The third-order valence-electron chi connectivity index (χ3n) is 7.60. The minimum atomic E-state index is -0.701. The summed E-state index contributed by atoms with van der Waals surface area (Å²) in [5.41, 5.74) is -0.553. The second kappa shape index (κ2) is 5.79. The molecule has 150 valence electrons. The Hall–Kier alpha value is -1.46. The predicted octanol–water partition coefficient (Wildman–Crippen LogP) is 4.62. The summed E-state index contributed by atoms with van der Waals surface area (Å²) in [7, 11) is 0. The van der Waals surface area contributed by atoms with Gasteiger partial charge in [0.2, 0.25) is 0 Å². The van der Waals surface area contributed by atoms with E-state index in [1.165, 1.54) is 0 Å². The predicted molar refractivity (Wildman–Crippen MR) is 107 cm³/mol. The summed E-state index contributed by atoms with van der Waals surface area (Å²) in [5.74, 6) is 0.337. The second-order valence-electron chi connectivity index (χ2n) is 9.64. The van der Waals surface area contributed by atoms with Crippen molar-refractivity contribution < 1.29 is 14.7 Å². The molecule has 4 aliphatic carbocycles. The van der Waals surface area contributed by atoms with E-state index in [2.05, 4.69) is 0 Å². The molecule has 1 N–H and O–H groups in total. The summed E-state index contributed by atoms with van der Waals surface area (Å²) < 4.78 is 0. The molecule has 0 spiro atoms. The van der Waals surface area contributed by atoms with Crippen molar-refractivity contribution >= 4 is 40.8 Å². The average Bonchev–Trinajstić information content (AvgIpc) is 2.62. The molecule has 1 saturated heterocycles. The van der Waals surface area contributed by atoms with Gasteiger partial charge in [-0.3, -0.25) is 14.6 Å². The van der Waals surface area contributed by atoms with E-state index in [-0.39, 0.29) is 23.8 Å². The zero-order valence-electron chi connectivity index (χ0n) is 16.0. The normalized spacial score (nSPS) is 37.9. The highest BCUT2D eigenvalue weighted by molar-refractivity contribution is 6.43. The van der Waals surface area contributed by atoms with Crippen LogP contribution in [-0.4, -0.2) is 33.6 Å². The molecule has 1 heterocycles. The van der Waals surface area contributed by atoms with Crippen molar-refractivity contribution in [2.75, 3.05) is 5.01 Å². The summed E-state index contributed by atoms with van der Waals surface area (Å²) in [5, 5.41) is 14.7. The first kappa shape index (κ1) is 18.6. The number of nitrogens with zero attached hydrogens (tertiary/aromatic N) is 2. The van der Waals surface area contributed by atoms with Crippen molar-refractivity contribution in [1.29, 1.82) is 0 Å². The molecule has 5 nitrogen and oxygen atoms in total. The molecule has 28 heavy (non-hydrogen) atoms. The molecule has 1 aromatic rings. The highest BCUT2D eigenvalue weighted by atomic mass is 35.5. The van der Waals surface area contributed by atoms with Crippen molar-refractivity contribution in [3.05, 3.63) is 28.2 Å². The van der Waals surface area contributed by atoms with Gasteiger partial charge in [-0.2, -0.15) is 0 Å². The summed E-state index contributed by atoms with van der Waals surface area (Å²) in [6.07, 6.45) is 4.16. The van der Waals surface area contributed by atoms with Gasteiger partial charge in [0, 0.05) is 0 Å². The van der Waals surface area contributed by atoms with E-state index in [1.807, 2.05) is 36.0 Å². The lowest BCUT2D eigenvalue weighted by molar-refractivity contribution is -0.187. The monoisotopic (exact) mass is 422 g/mol. The number of aliphatic carboxylic acids is 1. The quantitative estimate of drug-likeness (QED) is 0.771. The molecular weight excluding hydrogens is 399 g/mol. The summed E-state index contributed by atoms with van der Waals surface area (Å²) >= 11 is 12.8. The number of carboxylic acids is 1. The van der Waals surface area contributed by atoms with Crippen LogP contribution >= 0.6 is 23.2 Å². The zero-order valence-corrected chi connectivity index (χ0v) is 17.5. The SMILES string of the molecule is CC1(C)C(=O)N(C2[C@@H]3CC4C[C@@H]2CC(C(=O)O)(C4)C3)N1c1cccc(Cl)c1Cl. The molecule has 0 radical (unpaired) electrons. The Bertz CT molecular complexity index is 870. The van der Waals surface area contributed by atoms with Gasteiger partial charge in [-0.15, -0.1) is 0 Å². The number of carbonyl (C=O) groups excluding carboxylic acids is 1. The summed E-state index contributed by atoms with van der Waals surface area (Å²) in [4.78, 5) is 25.2. The van der Waals surface area contributed by atoms with Crippen LogP contribution in [0.4, 0.5) is 5.69 Å². The van der Waals surface area contributed by atoms with Gasteiger partial charge in [0.05, 0.1) is 27.2 Å². The minimum absolute atomic E-state index is 0.0413. The van der Waals surface area contributed by atoms with Crippen LogP contribution in [0, 0.1) is 23.2 Å². The van der Waals surface area contributed by atoms with E-state index in [9.17, 15) is 14.7 Å². The Morgan fingerprint density at radius 3 is 2.39 bits per heavy atom. The summed E-state index contributed by atoms with van der Waals surface area (Å²) in [6, 6.07) is 5.52. The Balaban J connectivity index is 1.53. The standard InChI is InChI=1S/C21H24Cl2N2O3/c1-20(2)18(26)24(25(20)15-5-3-4-14(22)16(15)23)17-12-6-11-7-13(17)10-21(8-11,9-12)19(27)28/h3-5,11-13,17H,6-10H2,1-2H3,(H,27,28)/t11?,12-,13-,17?,21?/m1/s1. The van der Waals surface area contributed by atoms with Crippen LogP contribution in [0.3, 0.4) is 0 Å². The lowest BCUT2D eigenvalue weighted by Crippen LogP contribution is -2.80. The van der Waals surface area contributed by atoms with Crippen LogP contribution in [0.15, 0.2) is 18.2 Å². The smallest absolute Gasteiger partial charge is 0.309 e. The van der Waals surface area contributed by atoms with Crippen LogP contribution in [0.2, 0.25) is 10.0 Å². The number of amides is 1. The number of rotatable bonds is 3. The highest BCUT2D eigenvalue weighted by Gasteiger charge is 2.65. The van der Waals surface area contributed by atoms with E-state index in [1.54, 1.807) is 6.07 Å². The molecule has 1 aromatic carbocycles. The maximum Gasteiger partial charge on any atom is 0.309 e. The van der Waals surface area contributed by atoms with Crippen LogP contribution in [0.5, 0.6) is 0 Å². The van der Waals surface area contributed by atoms with E-state index in [0.717, 1.165) is 24.9 Å². The van der Waals surface area contributed by atoms with Crippen LogP contribution in [0.25, 0.3) is 0 Å². The number of carboxylic acid groups (broad SMARTS) is 1. The number of anilines is 1. The van der Waals surface area contributed by atoms with Crippen molar-refractivity contribution in [3.63, 3.8) is 0 Å². The van der Waals surface area contributed by atoms with Crippen LogP contribution in [-0.2, 0) is 9.59 Å². The largest absolute Gasteiger partial charge is 0.481 e. The lowest BCUT2D eigenvalue weighted by atomic mass is 9.47. The first-order valence-corrected chi connectivity index (χ1v) is 10.7. The maximum atomic E-state index is 13.2. The van der Waals surface area contributed by atoms with Gasteiger partial charge in [0.25, 0.3) is 5.91 Å². The van der Waals surface area contributed by atoms with Crippen molar-refractivity contribution in [1.82, 2.24) is 5.01 Å². The minimum Gasteiger partial charge on any atom is -0.481 e. The third-order valence-corrected chi connectivity index (χ3v) is 8.40. The second-order valence-corrected chi connectivity index (χ2v) is 10.4. The van der Waals surface area contributed by atoms with Gasteiger partial charge in [0.1, 0.15) is 5.54 Å². The first-order chi connectivity index (χ1) is 13.2. The Labute approximate surface area is 174 Å². The summed E-state index contributed by atoms with van der Waals surface area (Å²) in [6.45, 7) is 3.80. The molecule has 5 aliphatic rings. The van der Waals surface area contributed by atoms with Crippen LogP contribution < -0.4 is 5.01 Å². The first-order valence-electron chi connectivity index (χ1n) is 9.97. The maximum absolute atomic E-state index is 13.2. The molecule has 1 amide bonds. The Kier molecular flexibility index (Phi) is 3.84. The highest BCUT2D eigenvalue weighted by Crippen LogP contribution is 2.62. The van der Waals surface area contributed by atoms with Gasteiger partial charge < -0.3 is 5.11 Å². The number of carbonyl (C=O) groups is 2. The van der Waals surface area contributed by atoms with Gasteiger partial charge in [-0.05, 0) is 75.8 Å². The van der Waals surface area contributed by atoms with Crippen LogP contribution in [0.1, 0.15) is 46.0 Å². The van der Waals surface area contributed by atoms with E-state index in [4.69, 9.17) is 23.2 Å². The fraction of sp³-hybridized carbons (Fsp3) is 0.619. The van der Waals surface area contributed by atoms with Crippen molar-refractivity contribution in [3.8, 4) is 0 Å². The van der Waals surface area contributed by atoms with Gasteiger partial charge in [0.15, 0.2) is 0 Å². The molecule has 6 rings (SSSR count). The molecule has 1 aliphatic heterocycles. The lowest BCUT2D eigenvalue weighted by Gasteiger charge is -2.67. The molecular formula is C21H24Cl2N2O3. The zero-order chi connectivity index (χ0) is 20.0. The fourth-order valence-electron chi connectivity index (χ4n) is 6.69. The number of hydrazine groups is 1. The fourth-order valence-corrected chi connectivity index (χ4v) is 7.06. The molecule has 4 saturated carbocycles. The topological polar surface area (TPSA) is 60.9 Å². The number of benzene rings is 1. The average molecular weight is 423 g/mol. The van der Waals surface area contributed by atoms with Crippen molar-refractivity contribution in [2.45, 2.75) is 57.5 Å². The molecule has 2 atom stereocenters. The van der Waals surface area contributed by atoms with Gasteiger partial charge in [-0.25, -0.2) is 5.01 Å². The molecule has 4 bridgehead atoms. The Morgan fingerprint density at radius 1 is 1.14 bits per heavy atom. The number of hydrogen-bond acceptors (Lipinski definition) is 3. The molecule has 7 heteroatoms. The van der Waals surface area contributed by atoms with E-state index >= 15 is 0 Å². The molecule has 0 unspecified atom stereocenters. The molecule has 5 fully saturated rings. The van der Waals surface area contributed by atoms with Crippen molar-refractivity contribution in [2.24, 2.45) is 23.2 Å². The van der Waals surface area contributed by atoms with E-state index in [0.29, 0.717) is 28.8 Å². The van der Waals surface area contributed by atoms with Gasteiger partial charge in [-0.1, -0.05) is 29.3 Å². The number of halogens is 2.